The molecule has 126 valence electrons. The molecule has 0 bridgehead atoms. The summed E-state index contributed by atoms with van der Waals surface area (Å²) < 4.78 is 1.55. The van der Waals surface area contributed by atoms with Gasteiger partial charge in [0.25, 0.3) is 11.8 Å². The number of hydrogen-bond donors (Lipinski definition) is 2. The number of rotatable bonds is 3. The normalized spacial score (nSPS) is 22.8. The molecular formula is C15H24N6O2. The van der Waals surface area contributed by atoms with Crippen LogP contribution >= 0.6 is 0 Å². The van der Waals surface area contributed by atoms with Crippen LogP contribution in [-0.2, 0) is 6.54 Å². The van der Waals surface area contributed by atoms with E-state index in [9.17, 15) is 9.59 Å². The number of fused-ring (bicyclic) bond motifs is 1. The summed E-state index contributed by atoms with van der Waals surface area (Å²) in [6.45, 7) is 6.55. The SMILES string of the molecule is CC(C)[C@H]1Cn2nnc(C(=O)NC3CCN(C)CC3)c2C(=O)N1. The lowest BCUT2D eigenvalue weighted by atomic mass is 10.0. The van der Waals surface area contributed by atoms with E-state index >= 15 is 0 Å². The van der Waals surface area contributed by atoms with E-state index in [0.717, 1.165) is 25.9 Å². The van der Waals surface area contributed by atoms with Gasteiger partial charge in [0.15, 0.2) is 11.4 Å². The van der Waals surface area contributed by atoms with Gasteiger partial charge in [-0.2, -0.15) is 0 Å². The zero-order valence-corrected chi connectivity index (χ0v) is 13.9. The minimum Gasteiger partial charge on any atom is -0.348 e. The van der Waals surface area contributed by atoms with Crippen molar-refractivity contribution in [3.05, 3.63) is 11.4 Å². The minimum absolute atomic E-state index is 0.0153. The lowest BCUT2D eigenvalue weighted by molar-refractivity contribution is 0.0853. The standard InChI is InChI=1S/C15H24N6O2/c1-9(2)11-8-21-13(15(23)17-11)12(18-19-21)14(22)16-10-4-6-20(3)7-5-10/h9-11H,4-8H2,1-3H3,(H,16,22)(H,17,23)/t11-/m1/s1. The Bertz CT molecular complexity index is 603. The van der Waals surface area contributed by atoms with Gasteiger partial charge in [-0.25, -0.2) is 4.68 Å². The van der Waals surface area contributed by atoms with E-state index in [1.807, 2.05) is 13.8 Å². The second kappa shape index (κ2) is 6.27. The summed E-state index contributed by atoms with van der Waals surface area (Å²) in [4.78, 5) is 27.0. The molecule has 1 aromatic rings. The van der Waals surface area contributed by atoms with Crippen LogP contribution in [0.4, 0.5) is 0 Å². The first kappa shape index (κ1) is 15.9. The van der Waals surface area contributed by atoms with Gasteiger partial charge in [0.05, 0.1) is 12.6 Å². The Labute approximate surface area is 135 Å². The topological polar surface area (TPSA) is 92.2 Å². The Morgan fingerprint density at radius 3 is 2.70 bits per heavy atom. The molecule has 2 N–H and O–H groups in total. The monoisotopic (exact) mass is 320 g/mol. The fraction of sp³-hybridized carbons (Fsp3) is 0.733. The summed E-state index contributed by atoms with van der Waals surface area (Å²) in [6.07, 6.45) is 1.82. The maximum atomic E-state index is 12.5. The van der Waals surface area contributed by atoms with Crippen molar-refractivity contribution in [2.75, 3.05) is 20.1 Å². The highest BCUT2D eigenvalue weighted by molar-refractivity contribution is 6.05. The van der Waals surface area contributed by atoms with E-state index in [2.05, 4.69) is 32.9 Å². The molecule has 0 unspecified atom stereocenters. The Morgan fingerprint density at radius 1 is 1.35 bits per heavy atom. The summed E-state index contributed by atoms with van der Waals surface area (Å²) in [7, 11) is 2.07. The Morgan fingerprint density at radius 2 is 2.04 bits per heavy atom. The number of carbonyl (C=O) groups excluding carboxylic acids is 2. The van der Waals surface area contributed by atoms with Crippen molar-refractivity contribution in [1.29, 1.82) is 0 Å². The molecule has 3 rings (SSSR count). The van der Waals surface area contributed by atoms with Crippen LogP contribution in [0.5, 0.6) is 0 Å². The number of carbonyl (C=O) groups is 2. The van der Waals surface area contributed by atoms with Gasteiger partial charge in [0.1, 0.15) is 0 Å². The van der Waals surface area contributed by atoms with Crippen molar-refractivity contribution in [3.63, 3.8) is 0 Å². The molecule has 0 aromatic carbocycles. The zero-order valence-electron chi connectivity index (χ0n) is 13.9. The molecule has 2 aliphatic rings. The van der Waals surface area contributed by atoms with E-state index in [1.165, 1.54) is 0 Å². The fourth-order valence-electron chi connectivity index (χ4n) is 3.07. The molecule has 0 saturated carbocycles. The Kier molecular flexibility index (Phi) is 4.34. The number of piperidine rings is 1. The molecule has 3 heterocycles. The third-order valence-corrected chi connectivity index (χ3v) is 4.71. The molecule has 2 amide bonds. The van der Waals surface area contributed by atoms with Crippen molar-refractivity contribution in [2.45, 2.75) is 45.3 Å². The molecule has 23 heavy (non-hydrogen) atoms. The third kappa shape index (κ3) is 3.21. The highest BCUT2D eigenvalue weighted by Gasteiger charge is 2.33. The third-order valence-electron chi connectivity index (χ3n) is 4.71. The second-order valence-electron chi connectivity index (χ2n) is 6.84. The van der Waals surface area contributed by atoms with Gasteiger partial charge in [-0.15, -0.1) is 5.10 Å². The maximum Gasteiger partial charge on any atom is 0.274 e. The quantitative estimate of drug-likeness (QED) is 0.809. The summed E-state index contributed by atoms with van der Waals surface area (Å²) in [6, 6.07) is 0.146. The molecule has 8 nitrogen and oxygen atoms in total. The number of hydrogen-bond acceptors (Lipinski definition) is 5. The predicted molar refractivity (Wildman–Crippen MR) is 84.1 cm³/mol. The average molecular weight is 320 g/mol. The van der Waals surface area contributed by atoms with Crippen LogP contribution in [0.1, 0.15) is 47.7 Å². The van der Waals surface area contributed by atoms with Crippen LogP contribution in [0.2, 0.25) is 0 Å². The van der Waals surface area contributed by atoms with Crippen molar-refractivity contribution in [1.82, 2.24) is 30.5 Å². The number of amides is 2. The lowest BCUT2D eigenvalue weighted by Gasteiger charge is -2.29. The van der Waals surface area contributed by atoms with E-state index < -0.39 is 0 Å². The van der Waals surface area contributed by atoms with Gasteiger partial charge in [-0.3, -0.25) is 9.59 Å². The molecule has 1 fully saturated rings. The fourth-order valence-corrected chi connectivity index (χ4v) is 3.07. The van der Waals surface area contributed by atoms with Gasteiger partial charge in [-0.05, 0) is 38.9 Å². The van der Waals surface area contributed by atoms with Crippen LogP contribution in [0, 0.1) is 5.92 Å². The van der Waals surface area contributed by atoms with Crippen molar-refractivity contribution in [2.24, 2.45) is 5.92 Å². The van der Waals surface area contributed by atoms with Crippen molar-refractivity contribution < 1.29 is 9.59 Å². The highest BCUT2D eigenvalue weighted by atomic mass is 16.2. The number of aromatic nitrogens is 3. The molecule has 8 heteroatoms. The van der Waals surface area contributed by atoms with E-state index in [0.29, 0.717) is 12.5 Å². The summed E-state index contributed by atoms with van der Waals surface area (Å²) in [5, 5.41) is 13.9. The number of nitrogens with one attached hydrogen (secondary N) is 2. The Balaban J connectivity index is 1.72. The van der Waals surface area contributed by atoms with Crippen LogP contribution in [-0.4, -0.2) is 63.9 Å². The van der Waals surface area contributed by atoms with Gasteiger partial charge < -0.3 is 15.5 Å². The smallest absolute Gasteiger partial charge is 0.274 e. The largest absolute Gasteiger partial charge is 0.348 e. The van der Waals surface area contributed by atoms with Crippen LogP contribution in [0.25, 0.3) is 0 Å². The van der Waals surface area contributed by atoms with Gasteiger partial charge in [0.2, 0.25) is 0 Å². The number of likely N-dealkylation sites (tertiary alicyclic amines) is 1. The highest BCUT2D eigenvalue weighted by Crippen LogP contribution is 2.16. The van der Waals surface area contributed by atoms with Gasteiger partial charge in [-0.1, -0.05) is 19.1 Å². The van der Waals surface area contributed by atoms with Gasteiger partial charge in [0, 0.05) is 6.04 Å². The molecule has 1 saturated heterocycles. The van der Waals surface area contributed by atoms with Gasteiger partial charge >= 0.3 is 0 Å². The van der Waals surface area contributed by atoms with Crippen LogP contribution in [0.15, 0.2) is 0 Å². The molecule has 0 aliphatic carbocycles. The average Bonchev–Trinajstić information content (AvgIpc) is 2.94. The van der Waals surface area contributed by atoms with E-state index in [-0.39, 0.29) is 35.3 Å². The minimum atomic E-state index is -0.307. The summed E-state index contributed by atoms with van der Waals surface area (Å²) in [5.74, 6) is -0.278. The first-order valence-electron chi connectivity index (χ1n) is 8.19. The molecule has 0 radical (unpaired) electrons. The molecular weight excluding hydrogens is 296 g/mol. The first-order valence-corrected chi connectivity index (χ1v) is 8.19. The Hall–Kier alpha value is -1.96. The summed E-state index contributed by atoms with van der Waals surface area (Å²) >= 11 is 0. The molecule has 0 spiro atoms. The zero-order chi connectivity index (χ0) is 16.6. The van der Waals surface area contributed by atoms with Crippen molar-refractivity contribution >= 4 is 11.8 Å². The molecule has 2 aliphatic heterocycles. The van der Waals surface area contributed by atoms with Crippen LogP contribution in [0.3, 0.4) is 0 Å². The number of nitrogens with zero attached hydrogens (tertiary/aromatic N) is 4. The molecule has 1 aromatic heterocycles. The predicted octanol–water partition coefficient (Wildman–Crippen LogP) is -0.130. The first-order chi connectivity index (χ1) is 11.0. The molecule has 1 atom stereocenters. The van der Waals surface area contributed by atoms with E-state index in [1.54, 1.807) is 4.68 Å². The lowest BCUT2D eigenvalue weighted by Crippen LogP contribution is -2.48. The van der Waals surface area contributed by atoms with E-state index in [4.69, 9.17) is 0 Å². The maximum absolute atomic E-state index is 12.5. The van der Waals surface area contributed by atoms with Crippen LogP contribution < -0.4 is 10.6 Å². The van der Waals surface area contributed by atoms with Crippen molar-refractivity contribution in [3.8, 4) is 0 Å². The summed E-state index contributed by atoms with van der Waals surface area (Å²) in [5.41, 5.74) is 0.399. The second-order valence-corrected chi connectivity index (χ2v) is 6.84.